The summed E-state index contributed by atoms with van der Waals surface area (Å²) in [6, 6.07) is 0. The van der Waals surface area contributed by atoms with E-state index < -0.39 is 6.10 Å². The molecule has 0 radical (unpaired) electrons. The molecule has 0 aromatic carbocycles. The zero-order valence-corrected chi connectivity index (χ0v) is 38.5. The lowest BCUT2D eigenvalue weighted by molar-refractivity contribution is -0.167. The Hall–Kier alpha value is -3.15. The van der Waals surface area contributed by atoms with E-state index in [1.54, 1.807) is 0 Å². The van der Waals surface area contributed by atoms with Crippen molar-refractivity contribution in [3.05, 3.63) is 72.9 Å². The monoisotopic (exact) mass is 823 g/mol. The quantitative estimate of drug-likeness (QED) is 0.0200. The third-order valence-corrected chi connectivity index (χ3v) is 10.3. The highest BCUT2D eigenvalue weighted by molar-refractivity contribution is 5.71. The summed E-state index contributed by atoms with van der Waals surface area (Å²) in [5, 5.41) is 0. The average molecular weight is 823 g/mol. The lowest BCUT2D eigenvalue weighted by Crippen LogP contribution is -2.30. The van der Waals surface area contributed by atoms with Gasteiger partial charge in [-0.25, -0.2) is 0 Å². The molecule has 0 bridgehead atoms. The Balaban J connectivity index is 4.46. The summed E-state index contributed by atoms with van der Waals surface area (Å²) in [5.41, 5.74) is 0. The summed E-state index contributed by atoms with van der Waals surface area (Å²) < 4.78 is 16.7. The fourth-order valence-electron chi connectivity index (χ4n) is 6.54. The van der Waals surface area contributed by atoms with Crippen LogP contribution < -0.4 is 0 Å². The fraction of sp³-hybridized carbons (Fsp3) is 0.717. The molecular weight excluding hydrogens is 733 g/mol. The van der Waals surface area contributed by atoms with E-state index in [1.165, 1.54) is 83.5 Å². The second-order valence-electron chi connectivity index (χ2n) is 16.1. The summed E-state index contributed by atoms with van der Waals surface area (Å²) in [4.78, 5) is 37.8. The van der Waals surface area contributed by atoms with Crippen LogP contribution in [0.25, 0.3) is 0 Å². The van der Waals surface area contributed by atoms with Gasteiger partial charge in [0, 0.05) is 19.3 Å². The molecule has 0 aliphatic carbocycles. The van der Waals surface area contributed by atoms with E-state index in [4.69, 9.17) is 14.2 Å². The molecule has 1 atom stereocenters. The Morgan fingerprint density at radius 3 is 1.14 bits per heavy atom. The molecule has 1 unspecified atom stereocenters. The van der Waals surface area contributed by atoms with Crippen LogP contribution in [0, 0.1) is 0 Å². The maximum atomic E-state index is 12.7. The first kappa shape index (κ1) is 55.9. The largest absolute Gasteiger partial charge is 0.462 e. The predicted molar refractivity (Wildman–Crippen MR) is 251 cm³/mol. The number of carbonyl (C=O) groups is 3. The number of hydrogen-bond acceptors (Lipinski definition) is 6. The van der Waals surface area contributed by atoms with Gasteiger partial charge >= 0.3 is 17.9 Å². The second kappa shape index (κ2) is 47.5. The lowest BCUT2D eigenvalue weighted by Gasteiger charge is -2.18. The van der Waals surface area contributed by atoms with Crippen LogP contribution in [0.15, 0.2) is 72.9 Å². The Kier molecular flexibility index (Phi) is 45.0. The molecule has 0 aromatic rings. The third kappa shape index (κ3) is 45.8. The Labute approximate surface area is 363 Å². The molecule has 0 fully saturated rings. The van der Waals surface area contributed by atoms with Crippen LogP contribution >= 0.6 is 0 Å². The number of carbonyl (C=O) groups excluding carboxylic acids is 3. The van der Waals surface area contributed by atoms with E-state index in [1.807, 2.05) is 0 Å². The van der Waals surface area contributed by atoms with Gasteiger partial charge in [-0.2, -0.15) is 0 Å². The Morgan fingerprint density at radius 2 is 0.678 bits per heavy atom. The fourth-order valence-corrected chi connectivity index (χ4v) is 6.54. The van der Waals surface area contributed by atoms with Gasteiger partial charge < -0.3 is 14.2 Å². The maximum absolute atomic E-state index is 12.7. The third-order valence-electron chi connectivity index (χ3n) is 10.3. The number of esters is 3. The van der Waals surface area contributed by atoms with Gasteiger partial charge in [0.05, 0.1) is 0 Å². The number of allylic oxidation sites excluding steroid dienone is 12. The predicted octanol–water partition coefficient (Wildman–Crippen LogP) is 15.9. The zero-order chi connectivity index (χ0) is 43.0. The van der Waals surface area contributed by atoms with Gasteiger partial charge in [-0.05, 0) is 89.9 Å². The van der Waals surface area contributed by atoms with Crippen LogP contribution in [0.1, 0.15) is 226 Å². The molecule has 0 aliphatic rings. The van der Waals surface area contributed by atoms with E-state index in [2.05, 4.69) is 93.7 Å². The highest BCUT2D eigenvalue weighted by Crippen LogP contribution is 2.13. The van der Waals surface area contributed by atoms with Crippen molar-refractivity contribution in [3.63, 3.8) is 0 Å². The van der Waals surface area contributed by atoms with Crippen LogP contribution in [-0.4, -0.2) is 37.2 Å². The lowest BCUT2D eigenvalue weighted by atomic mass is 10.1. The molecular formula is C53H90O6. The first-order valence-corrected chi connectivity index (χ1v) is 24.5. The molecule has 0 spiro atoms. The summed E-state index contributed by atoms with van der Waals surface area (Å²) in [7, 11) is 0. The summed E-state index contributed by atoms with van der Waals surface area (Å²) >= 11 is 0. The normalized spacial score (nSPS) is 12.7. The van der Waals surface area contributed by atoms with E-state index >= 15 is 0 Å². The molecule has 6 heteroatoms. The van der Waals surface area contributed by atoms with Gasteiger partial charge in [0.25, 0.3) is 0 Å². The number of hydrogen-bond donors (Lipinski definition) is 0. The number of unbranched alkanes of at least 4 members (excludes halogenated alkanes) is 23. The van der Waals surface area contributed by atoms with Crippen LogP contribution in [-0.2, 0) is 28.6 Å². The standard InChI is InChI=1S/C53H90O6/c1-4-7-10-13-16-19-22-25-26-27-29-31-34-37-40-43-46-52(55)58-49-50(48-57-51(54)45-42-39-36-33-30-24-21-18-15-12-9-6-3)59-53(56)47-44-41-38-35-32-28-23-20-17-14-11-8-5-2/h8,11,14,17-18,20-21,23,26-27,29,31,50H,4-7,9-10,12-13,15-16,19,22,24-25,28,30,32-49H2,1-3H3/b11-8-,17-14-,21-18-,23-20-,27-26-,31-29-. The van der Waals surface area contributed by atoms with E-state index in [9.17, 15) is 14.4 Å². The van der Waals surface area contributed by atoms with Gasteiger partial charge in [0.2, 0.25) is 0 Å². The van der Waals surface area contributed by atoms with Gasteiger partial charge in [0.1, 0.15) is 13.2 Å². The van der Waals surface area contributed by atoms with Crippen LogP contribution in [0.2, 0.25) is 0 Å². The van der Waals surface area contributed by atoms with Crippen molar-refractivity contribution in [2.45, 2.75) is 232 Å². The van der Waals surface area contributed by atoms with E-state index in [0.29, 0.717) is 19.3 Å². The SMILES string of the molecule is CC\C=C/C=C\C=C/CCCCCCCC(=O)OC(COC(=O)CCCCC/C=C\C=C/CCCCCCCCC)COC(=O)CCCCCCC/C=C\CCCCC. The average Bonchev–Trinajstić information content (AvgIpc) is 3.23. The van der Waals surface area contributed by atoms with Crippen molar-refractivity contribution in [2.75, 3.05) is 13.2 Å². The highest BCUT2D eigenvalue weighted by atomic mass is 16.6. The minimum absolute atomic E-state index is 0.0974. The van der Waals surface area contributed by atoms with Crippen molar-refractivity contribution in [3.8, 4) is 0 Å². The van der Waals surface area contributed by atoms with Crippen LogP contribution in [0.4, 0.5) is 0 Å². The smallest absolute Gasteiger partial charge is 0.306 e. The zero-order valence-electron chi connectivity index (χ0n) is 38.5. The van der Waals surface area contributed by atoms with Gasteiger partial charge in [-0.15, -0.1) is 0 Å². The Bertz CT molecular complexity index is 1130. The minimum Gasteiger partial charge on any atom is -0.462 e. The first-order chi connectivity index (χ1) is 29.0. The summed E-state index contributed by atoms with van der Waals surface area (Å²) in [5.74, 6) is -0.956. The molecule has 0 saturated carbocycles. The topological polar surface area (TPSA) is 78.9 Å². The van der Waals surface area contributed by atoms with Crippen LogP contribution in [0.5, 0.6) is 0 Å². The molecule has 0 N–H and O–H groups in total. The minimum atomic E-state index is -0.798. The molecule has 0 aromatic heterocycles. The first-order valence-electron chi connectivity index (χ1n) is 24.5. The number of ether oxygens (including phenoxy) is 3. The van der Waals surface area contributed by atoms with Crippen molar-refractivity contribution >= 4 is 17.9 Å². The molecule has 0 amide bonds. The maximum Gasteiger partial charge on any atom is 0.306 e. The number of rotatable bonds is 43. The summed E-state index contributed by atoms with van der Waals surface area (Å²) in [6.07, 6.45) is 58.8. The molecule has 0 aliphatic heterocycles. The molecule has 0 rings (SSSR count). The van der Waals surface area contributed by atoms with Gasteiger partial charge in [-0.1, -0.05) is 190 Å². The second-order valence-corrected chi connectivity index (χ2v) is 16.1. The van der Waals surface area contributed by atoms with Crippen molar-refractivity contribution in [1.29, 1.82) is 0 Å². The summed E-state index contributed by atoms with van der Waals surface area (Å²) in [6.45, 7) is 6.42. The molecule has 338 valence electrons. The van der Waals surface area contributed by atoms with Gasteiger partial charge in [0.15, 0.2) is 6.10 Å². The molecule has 0 saturated heterocycles. The molecule has 0 heterocycles. The van der Waals surface area contributed by atoms with Gasteiger partial charge in [-0.3, -0.25) is 14.4 Å². The van der Waals surface area contributed by atoms with Crippen LogP contribution in [0.3, 0.4) is 0 Å². The van der Waals surface area contributed by atoms with E-state index in [-0.39, 0.29) is 31.1 Å². The van der Waals surface area contributed by atoms with Crippen molar-refractivity contribution in [2.24, 2.45) is 0 Å². The highest BCUT2D eigenvalue weighted by Gasteiger charge is 2.19. The van der Waals surface area contributed by atoms with E-state index in [0.717, 1.165) is 103 Å². The van der Waals surface area contributed by atoms with Crippen molar-refractivity contribution < 1.29 is 28.6 Å². The Morgan fingerprint density at radius 1 is 0.356 bits per heavy atom. The van der Waals surface area contributed by atoms with Crippen molar-refractivity contribution in [1.82, 2.24) is 0 Å². The molecule has 6 nitrogen and oxygen atoms in total. The molecule has 59 heavy (non-hydrogen) atoms.